The van der Waals surface area contributed by atoms with Crippen molar-refractivity contribution in [2.75, 3.05) is 5.32 Å². The van der Waals surface area contributed by atoms with Gasteiger partial charge in [-0.2, -0.15) is 0 Å². The first-order valence-electron chi connectivity index (χ1n) is 5.69. The van der Waals surface area contributed by atoms with E-state index >= 15 is 0 Å². The lowest BCUT2D eigenvalue weighted by molar-refractivity contribution is -0.116. The van der Waals surface area contributed by atoms with Gasteiger partial charge >= 0.3 is 0 Å². The van der Waals surface area contributed by atoms with Crippen molar-refractivity contribution in [2.24, 2.45) is 0 Å². The van der Waals surface area contributed by atoms with Crippen molar-refractivity contribution >= 4 is 33.3 Å². The molecule has 1 aromatic rings. The smallest absolute Gasteiger partial charge is 0.224 e. The van der Waals surface area contributed by atoms with Crippen LogP contribution in [0.15, 0.2) is 18.2 Å². The highest BCUT2D eigenvalue weighted by Crippen LogP contribution is 2.24. The van der Waals surface area contributed by atoms with E-state index in [0.717, 1.165) is 24.1 Å². The molecule has 2 rings (SSSR count). The molecule has 1 aliphatic rings. The van der Waals surface area contributed by atoms with Crippen molar-refractivity contribution in [3.63, 3.8) is 0 Å². The maximum absolute atomic E-state index is 11.8. The number of aryl methyl sites for hydroxylation is 1. The fourth-order valence-corrected chi connectivity index (χ4v) is 2.22. The standard InChI is InChI=1S/C13H14BrNO2/c1-8(14)13(17)10-5-6-11-9(7-10)3-2-4-12(16)15-11/h5-8H,2-4H2,1H3,(H,15,16). The largest absolute Gasteiger partial charge is 0.326 e. The highest BCUT2D eigenvalue weighted by molar-refractivity contribution is 9.10. The number of rotatable bonds is 2. The van der Waals surface area contributed by atoms with Crippen LogP contribution in [0.4, 0.5) is 5.69 Å². The Bertz CT molecular complexity index is 468. The molecule has 0 saturated heterocycles. The summed E-state index contributed by atoms with van der Waals surface area (Å²) in [5, 5.41) is 2.86. The average Bonchev–Trinajstić information content (AvgIpc) is 2.47. The summed E-state index contributed by atoms with van der Waals surface area (Å²) in [6, 6.07) is 5.48. The van der Waals surface area contributed by atoms with Gasteiger partial charge in [0.2, 0.25) is 5.91 Å². The Balaban J connectivity index is 2.34. The Labute approximate surface area is 109 Å². The van der Waals surface area contributed by atoms with Crippen LogP contribution in [0.25, 0.3) is 0 Å². The summed E-state index contributed by atoms with van der Waals surface area (Å²) in [4.78, 5) is 23.1. The first-order valence-corrected chi connectivity index (χ1v) is 6.60. The molecule has 0 spiro atoms. The lowest BCUT2D eigenvalue weighted by Crippen LogP contribution is -2.12. The van der Waals surface area contributed by atoms with Crippen LogP contribution in [0, 0.1) is 0 Å². The van der Waals surface area contributed by atoms with E-state index < -0.39 is 0 Å². The van der Waals surface area contributed by atoms with Gasteiger partial charge in [0.15, 0.2) is 5.78 Å². The van der Waals surface area contributed by atoms with Crippen LogP contribution in [0.3, 0.4) is 0 Å². The number of halogens is 1. The van der Waals surface area contributed by atoms with Gasteiger partial charge in [-0.1, -0.05) is 15.9 Å². The SMILES string of the molecule is CC(Br)C(=O)c1ccc2c(c1)CCCC(=O)N2. The molecular weight excluding hydrogens is 282 g/mol. The van der Waals surface area contributed by atoms with Gasteiger partial charge in [0.05, 0.1) is 4.83 Å². The Hall–Kier alpha value is -1.16. The van der Waals surface area contributed by atoms with Crippen LogP contribution < -0.4 is 5.32 Å². The van der Waals surface area contributed by atoms with Gasteiger partial charge in [-0.05, 0) is 43.5 Å². The number of carbonyl (C=O) groups is 2. The molecule has 0 fully saturated rings. The van der Waals surface area contributed by atoms with Crippen molar-refractivity contribution in [1.29, 1.82) is 0 Å². The molecule has 1 N–H and O–H groups in total. The summed E-state index contributed by atoms with van der Waals surface area (Å²) >= 11 is 3.28. The molecule has 0 aromatic heterocycles. The van der Waals surface area contributed by atoms with Crippen LogP contribution >= 0.6 is 15.9 Å². The third-order valence-electron chi connectivity index (χ3n) is 2.88. The van der Waals surface area contributed by atoms with Crippen LogP contribution in [-0.2, 0) is 11.2 Å². The molecular formula is C13H14BrNO2. The van der Waals surface area contributed by atoms with Crippen molar-refractivity contribution in [3.8, 4) is 0 Å². The maximum Gasteiger partial charge on any atom is 0.224 e. The second-order valence-corrected chi connectivity index (χ2v) is 5.63. The fourth-order valence-electron chi connectivity index (χ4n) is 1.96. The van der Waals surface area contributed by atoms with Gasteiger partial charge in [0, 0.05) is 17.7 Å². The van der Waals surface area contributed by atoms with Gasteiger partial charge in [-0.25, -0.2) is 0 Å². The van der Waals surface area contributed by atoms with Gasteiger partial charge in [0.25, 0.3) is 0 Å². The molecule has 1 heterocycles. The Morgan fingerprint density at radius 2 is 2.18 bits per heavy atom. The highest BCUT2D eigenvalue weighted by Gasteiger charge is 2.16. The first-order chi connectivity index (χ1) is 8.08. The van der Waals surface area contributed by atoms with E-state index in [1.807, 2.05) is 19.1 Å². The molecule has 17 heavy (non-hydrogen) atoms. The van der Waals surface area contributed by atoms with E-state index in [0.29, 0.717) is 12.0 Å². The number of amides is 1. The van der Waals surface area contributed by atoms with E-state index in [9.17, 15) is 9.59 Å². The monoisotopic (exact) mass is 295 g/mol. The van der Waals surface area contributed by atoms with E-state index in [1.165, 1.54) is 0 Å². The van der Waals surface area contributed by atoms with Crippen LogP contribution in [0.1, 0.15) is 35.7 Å². The molecule has 90 valence electrons. The first kappa shape index (κ1) is 12.3. The molecule has 1 amide bonds. The number of Topliss-reactive ketones (excluding diaryl/α,β-unsaturated/α-hetero) is 1. The summed E-state index contributed by atoms with van der Waals surface area (Å²) in [5.41, 5.74) is 2.59. The molecule has 0 aliphatic carbocycles. The zero-order chi connectivity index (χ0) is 12.4. The molecule has 0 bridgehead atoms. The number of anilines is 1. The average molecular weight is 296 g/mol. The van der Waals surface area contributed by atoms with E-state index in [-0.39, 0.29) is 16.5 Å². The Morgan fingerprint density at radius 1 is 1.41 bits per heavy atom. The lowest BCUT2D eigenvalue weighted by atomic mass is 10.0. The van der Waals surface area contributed by atoms with Crippen LogP contribution in [0.2, 0.25) is 0 Å². The Morgan fingerprint density at radius 3 is 2.88 bits per heavy atom. The number of benzene rings is 1. The highest BCUT2D eigenvalue weighted by atomic mass is 79.9. The lowest BCUT2D eigenvalue weighted by Gasteiger charge is -2.09. The molecule has 4 heteroatoms. The second-order valence-electron chi connectivity index (χ2n) is 4.25. The van der Waals surface area contributed by atoms with E-state index in [2.05, 4.69) is 21.2 Å². The molecule has 1 aromatic carbocycles. The topological polar surface area (TPSA) is 46.2 Å². The van der Waals surface area contributed by atoms with Crippen molar-refractivity contribution in [3.05, 3.63) is 29.3 Å². The van der Waals surface area contributed by atoms with E-state index in [1.54, 1.807) is 6.07 Å². The zero-order valence-corrected chi connectivity index (χ0v) is 11.2. The number of ketones is 1. The zero-order valence-electron chi connectivity index (χ0n) is 9.63. The number of carbonyl (C=O) groups excluding carboxylic acids is 2. The minimum absolute atomic E-state index is 0.0525. The van der Waals surface area contributed by atoms with Crippen molar-refractivity contribution in [2.45, 2.75) is 31.0 Å². The summed E-state index contributed by atoms with van der Waals surface area (Å²) in [7, 11) is 0. The van der Waals surface area contributed by atoms with Crippen LogP contribution in [0.5, 0.6) is 0 Å². The molecule has 1 atom stereocenters. The van der Waals surface area contributed by atoms with Crippen molar-refractivity contribution in [1.82, 2.24) is 0 Å². The number of alkyl halides is 1. The van der Waals surface area contributed by atoms with Crippen LogP contribution in [-0.4, -0.2) is 16.5 Å². The summed E-state index contributed by atoms with van der Waals surface area (Å²) in [6.45, 7) is 1.82. The molecule has 0 saturated carbocycles. The number of fused-ring (bicyclic) bond motifs is 1. The second kappa shape index (κ2) is 5.00. The normalized spacial score (nSPS) is 16.7. The maximum atomic E-state index is 11.8. The van der Waals surface area contributed by atoms with Gasteiger partial charge in [-0.3, -0.25) is 9.59 Å². The number of hydrogen-bond acceptors (Lipinski definition) is 2. The van der Waals surface area contributed by atoms with Crippen molar-refractivity contribution < 1.29 is 9.59 Å². The predicted octanol–water partition coefficient (Wildman–Crippen LogP) is 2.93. The summed E-state index contributed by atoms with van der Waals surface area (Å²) in [5.74, 6) is 0.125. The fraction of sp³-hybridized carbons (Fsp3) is 0.385. The number of nitrogens with one attached hydrogen (secondary N) is 1. The molecule has 3 nitrogen and oxygen atoms in total. The Kier molecular flexibility index (Phi) is 3.62. The van der Waals surface area contributed by atoms with Gasteiger partial charge in [0.1, 0.15) is 0 Å². The minimum Gasteiger partial charge on any atom is -0.326 e. The molecule has 0 radical (unpaired) electrons. The third-order valence-corrected chi connectivity index (χ3v) is 3.29. The van der Waals surface area contributed by atoms with E-state index in [4.69, 9.17) is 0 Å². The minimum atomic E-state index is -0.180. The summed E-state index contributed by atoms with van der Waals surface area (Å²) in [6.07, 6.45) is 2.22. The molecule has 1 unspecified atom stereocenters. The summed E-state index contributed by atoms with van der Waals surface area (Å²) < 4.78 is 0. The van der Waals surface area contributed by atoms with Gasteiger partial charge < -0.3 is 5.32 Å². The predicted molar refractivity (Wildman–Crippen MR) is 70.7 cm³/mol. The van der Waals surface area contributed by atoms with Gasteiger partial charge in [-0.15, -0.1) is 0 Å². The third kappa shape index (κ3) is 2.75. The quantitative estimate of drug-likeness (QED) is 0.673. The number of hydrogen-bond donors (Lipinski definition) is 1. The molecule has 1 aliphatic heterocycles.